The minimum Gasteiger partial charge on any atom is -0.467 e. The van der Waals surface area contributed by atoms with Gasteiger partial charge in [-0.1, -0.05) is 42.5 Å². The molecule has 1 aliphatic heterocycles. The van der Waals surface area contributed by atoms with Crippen LogP contribution in [0.2, 0.25) is 0 Å². The van der Waals surface area contributed by atoms with E-state index in [0.717, 1.165) is 5.56 Å². The highest BCUT2D eigenvalue weighted by Crippen LogP contribution is 2.39. The lowest BCUT2D eigenvalue weighted by atomic mass is 9.90. The van der Waals surface area contributed by atoms with E-state index in [0.29, 0.717) is 6.42 Å². The number of likely N-dealkylation sites (tertiary alicyclic amines) is 1. The van der Waals surface area contributed by atoms with E-state index in [1.165, 1.54) is 12.0 Å². The highest BCUT2D eigenvalue weighted by Gasteiger charge is 2.49. The molecule has 2 rings (SSSR count). The number of carbonyl (C=O) groups excluding carboxylic acids is 2. The van der Waals surface area contributed by atoms with Gasteiger partial charge in [-0.25, -0.2) is 9.59 Å². The van der Waals surface area contributed by atoms with Crippen LogP contribution in [0.15, 0.2) is 42.5 Å². The molecule has 0 bridgehead atoms. The molecule has 0 saturated carbocycles. The molecule has 0 N–H and O–H groups in total. The summed E-state index contributed by atoms with van der Waals surface area (Å²) in [6.45, 7) is 7.34. The molecule has 1 aromatic carbocycles. The van der Waals surface area contributed by atoms with Crippen LogP contribution in [0, 0.1) is 0 Å². The van der Waals surface area contributed by atoms with Gasteiger partial charge in [0.2, 0.25) is 0 Å². The summed E-state index contributed by atoms with van der Waals surface area (Å²) in [4.78, 5) is 26.9. The lowest BCUT2D eigenvalue weighted by Crippen LogP contribution is -2.48. The number of amides is 1. The number of hydrogen-bond donors (Lipinski definition) is 0. The third-order valence-corrected chi connectivity index (χ3v) is 4.22. The van der Waals surface area contributed by atoms with Crippen molar-refractivity contribution in [1.29, 1.82) is 0 Å². The molecular formula is C20H27NO4. The topological polar surface area (TPSA) is 55.8 Å². The number of rotatable bonds is 3. The van der Waals surface area contributed by atoms with Crippen molar-refractivity contribution in [1.82, 2.24) is 4.90 Å². The first-order valence-corrected chi connectivity index (χ1v) is 8.55. The summed E-state index contributed by atoms with van der Waals surface area (Å²) in [7, 11) is 1.35. The zero-order chi connectivity index (χ0) is 18.6. The van der Waals surface area contributed by atoms with E-state index in [2.05, 4.69) is 0 Å². The quantitative estimate of drug-likeness (QED) is 0.616. The third-order valence-electron chi connectivity index (χ3n) is 4.22. The Kier molecular flexibility index (Phi) is 5.88. The van der Waals surface area contributed by atoms with Crippen molar-refractivity contribution in [3.63, 3.8) is 0 Å². The average molecular weight is 345 g/mol. The van der Waals surface area contributed by atoms with Crippen LogP contribution in [0.4, 0.5) is 4.79 Å². The Hall–Kier alpha value is -2.30. The summed E-state index contributed by atoms with van der Waals surface area (Å²) in [5, 5.41) is 0. The fraction of sp³-hybridized carbons (Fsp3) is 0.500. The zero-order valence-electron chi connectivity index (χ0n) is 15.6. The van der Waals surface area contributed by atoms with Crippen molar-refractivity contribution in [3.05, 3.63) is 48.0 Å². The first kappa shape index (κ1) is 19.0. The molecule has 1 aliphatic rings. The van der Waals surface area contributed by atoms with E-state index in [9.17, 15) is 9.59 Å². The van der Waals surface area contributed by atoms with Crippen LogP contribution >= 0.6 is 0 Å². The van der Waals surface area contributed by atoms with Crippen LogP contribution < -0.4 is 0 Å². The maximum atomic E-state index is 12.8. The fourth-order valence-electron chi connectivity index (χ4n) is 3.28. The summed E-state index contributed by atoms with van der Waals surface area (Å²) in [6, 6.07) is 8.84. The van der Waals surface area contributed by atoms with Crippen molar-refractivity contribution in [2.45, 2.75) is 57.7 Å². The number of allylic oxidation sites excluding steroid dienone is 1. The minimum absolute atomic E-state index is 0.137. The lowest BCUT2D eigenvalue weighted by Gasteiger charge is -2.31. The van der Waals surface area contributed by atoms with Crippen molar-refractivity contribution in [2.24, 2.45) is 0 Å². The fourth-order valence-corrected chi connectivity index (χ4v) is 3.28. The van der Waals surface area contributed by atoms with Gasteiger partial charge in [-0.15, -0.1) is 0 Å². The molecule has 136 valence electrons. The van der Waals surface area contributed by atoms with Gasteiger partial charge < -0.3 is 9.47 Å². The van der Waals surface area contributed by atoms with Crippen molar-refractivity contribution >= 4 is 12.1 Å². The predicted molar refractivity (Wildman–Crippen MR) is 96.3 cm³/mol. The van der Waals surface area contributed by atoms with Gasteiger partial charge in [0.15, 0.2) is 0 Å². The van der Waals surface area contributed by atoms with Gasteiger partial charge in [0.1, 0.15) is 11.6 Å². The molecule has 0 aliphatic carbocycles. The molecule has 1 saturated heterocycles. The number of ether oxygens (including phenoxy) is 2. The average Bonchev–Trinajstić information content (AvgIpc) is 2.93. The molecule has 1 aromatic rings. The Morgan fingerprint density at radius 3 is 2.36 bits per heavy atom. The number of benzene rings is 1. The Balaban J connectivity index is 2.44. The monoisotopic (exact) mass is 345 g/mol. The molecule has 1 amide bonds. The molecule has 0 unspecified atom stereocenters. The van der Waals surface area contributed by atoms with Gasteiger partial charge in [-0.2, -0.15) is 0 Å². The second-order valence-corrected chi connectivity index (χ2v) is 7.20. The second-order valence-electron chi connectivity index (χ2n) is 7.20. The summed E-state index contributed by atoms with van der Waals surface area (Å²) < 4.78 is 10.6. The summed E-state index contributed by atoms with van der Waals surface area (Å²) >= 11 is 0. The SMILES string of the molecule is C/C=C/[C@H]1C[C@@H](c2ccccc2)[C@H](C(=O)OC)N1C(=O)OC(C)(C)C. The van der Waals surface area contributed by atoms with E-state index < -0.39 is 23.7 Å². The first-order valence-electron chi connectivity index (χ1n) is 8.55. The van der Waals surface area contributed by atoms with Gasteiger partial charge in [0.05, 0.1) is 13.2 Å². The second kappa shape index (κ2) is 7.72. The Labute approximate surface area is 149 Å². The number of esters is 1. The van der Waals surface area contributed by atoms with Gasteiger partial charge in [-0.3, -0.25) is 4.90 Å². The molecule has 25 heavy (non-hydrogen) atoms. The molecule has 3 atom stereocenters. The summed E-state index contributed by atoms with van der Waals surface area (Å²) in [5.74, 6) is -0.561. The molecular weight excluding hydrogens is 318 g/mol. The maximum absolute atomic E-state index is 12.8. The summed E-state index contributed by atoms with van der Waals surface area (Å²) in [5.41, 5.74) is 0.377. The third kappa shape index (κ3) is 4.41. The zero-order valence-corrected chi connectivity index (χ0v) is 15.6. The molecule has 1 heterocycles. The van der Waals surface area contributed by atoms with Crippen molar-refractivity contribution < 1.29 is 19.1 Å². The summed E-state index contributed by atoms with van der Waals surface area (Å²) in [6.07, 6.45) is 3.98. The van der Waals surface area contributed by atoms with E-state index in [4.69, 9.17) is 9.47 Å². The van der Waals surface area contributed by atoms with E-state index in [-0.39, 0.29) is 12.0 Å². The van der Waals surface area contributed by atoms with Crippen LogP contribution in [0.25, 0.3) is 0 Å². The largest absolute Gasteiger partial charge is 0.467 e. The van der Waals surface area contributed by atoms with Crippen LogP contribution in [-0.2, 0) is 14.3 Å². The number of methoxy groups -OCH3 is 1. The van der Waals surface area contributed by atoms with Gasteiger partial charge >= 0.3 is 12.1 Å². The normalized spacial score (nSPS) is 23.7. The van der Waals surface area contributed by atoms with E-state index in [1.54, 1.807) is 0 Å². The van der Waals surface area contributed by atoms with Gasteiger partial charge in [0.25, 0.3) is 0 Å². The van der Waals surface area contributed by atoms with E-state index >= 15 is 0 Å². The Bertz CT molecular complexity index is 633. The highest BCUT2D eigenvalue weighted by atomic mass is 16.6. The molecule has 5 nitrogen and oxygen atoms in total. The molecule has 5 heteroatoms. The van der Waals surface area contributed by atoms with Crippen LogP contribution in [0.5, 0.6) is 0 Å². The Morgan fingerprint density at radius 2 is 1.84 bits per heavy atom. The van der Waals surface area contributed by atoms with Crippen LogP contribution in [0.3, 0.4) is 0 Å². The van der Waals surface area contributed by atoms with Gasteiger partial charge in [-0.05, 0) is 39.7 Å². The van der Waals surface area contributed by atoms with Crippen LogP contribution in [0.1, 0.15) is 45.6 Å². The first-order chi connectivity index (χ1) is 11.8. The number of hydrogen-bond acceptors (Lipinski definition) is 4. The van der Waals surface area contributed by atoms with Crippen molar-refractivity contribution in [2.75, 3.05) is 7.11 Å². The van der Waals surface area contributed by atoms with Gasteiger partial charge in [0, 0.05) is 5.92 Å². The smallest absolute Gasteiger partial charge is 0.411 e. The standard InChI is InChI=1S/C20H27NO4/c1-6-10-15-13-16(14-11-8-7-9-12-14)17(18(22)24-5)21(15)19(23)25-20(2,3)4/h6-12,15-17H,13H2,1-5H3/b10-6+/t15-,16-,17+/m0/s1. The Morgan fingerprint density at radius 1 is 1.20 bits per heavy atom. The number of nitrogens with zero attached hydrogens (tertiary/aromatic N) is 1. The molecule has 0 aromatic heterocycles. The highest BCUT2D eigenvalue weighted by molar-refractivity contribution is 5.84. The molecule has 0 spiro atoms. The predicted octanol–water partition coefficient (Wildman–Crippen LogP) is 3.90. The van der Waals surface area contributed by atoms with E-state index in [1.807, 2.05) is 70.2 Å². The van der Waals surface area contributed by atoms with Crippen molar-refractivity contribution in [3.8, 4) is 0 Å². The lowest BCUT2D eigenvalue weighted by molar-refractivity contribution is -0.146. The molecule has 0 radical (unpaired) electrons. The minimum atomic E-state index is -0.705. The van der Waals surface area contributed by atoms with Crippen LogP contribution in [-0.4, -0.2) is 41.8 Å². The number of carbonyl (C=O) groups is 2. The maximum Gasteiger partial charge on any atom is 0.411 e. The molecule has 1 fully saturated rings.